The third kappa shape index (κ3) is 6.77. The minimum absolute atomic E-state index is 0.00455. The first kappa shape index (κ1) is 30.6. The van der Waals surface area contributed by atoms with Crippen LogP contribution in [0.4, 0.5) is 0 Å². The number of cyclic esters (lactones) is 2. The van der Waals surface area contributed by atoms with Gasteiger partial charge in [0.1, 0.15) is 0 Å². The molecule has 4 unspecified atom stereocenters. The zero-order valence-corrected chi connectivity index (χ0v) is 23.2. The molecule has 2 amide bonds. The van der Waals surface area contributed by atoms with Gasteiger partial charge in [0.2, 0.25) is 11.8 Å². The van der Waals surface area contributed by atoms with Gasteiger partial charge >= 0.3 is 23.9 Å². The molecular weight excluding hydrogens is 532 g/mol. The summed E-state index contributed by atoms with van der Waals surface area (Å²) in [6, 6.07) is 0. The maximum absolute atomic E-state index is 12.3. The van der Waals surface area contributed by atoms with Crippen molar-refractivity contribution < 1.29 is 43.7 Å². The number of carboxylic acid groups (broad SMARTS) is 2. The monoisotopic (exact) mass is 572 g/mol. The predicted octanol–water partition coefficient (Wildman–Crippen LogP) is 2.54. The van der Waals surface area contributed by atoms with Crippen molar-refractivity contribution in [3.63, 3.8) is 0 Å². The highest BCUT2D eigenvalue weighted by Crippen LogP contribution is 2.53. The Morgan fingerprint density at radius 1 is 0.683 bits per heavy atom. The van der Waals surface area contributed by atoms with E-state index in [0.717, 1.165) is 38.5 Å². The molecule has 11 heteroatoms. The van der Waals surface area contributed by atoms with Gasteiger partial charge < -0.3 is 20.7 Å². The molecule has 2 heterocycles. The molecule has 4 bridgehead atoms. The number of ether oxygens (including phenoxy) is 1. The number of carboxylic acids is 2. The van der Waals surface area contributed by atoms with E-state index in [9.17, 15) is 28.8 Å². The Hall–Kier alpha value is -3.34. The molecule has 0 spiro atoms. The van der Waals surface area contributed by atoms with E-state index in [4.69, 9.17) is 15.9 Å². The van der Waals surface area contributed by atoms with E-state index in [1.165, 1.54) is 4.90 Å². The highest BCUT2D eigenvalue weighted by Gasteiger charge is 2.59. The zero-order chi connectivity index (χ0) is 29.7. The number of allylic oxidation sites excluding steroid dienone is 4. The molecule has 224 valence electrons. The van der Waals surface area contributed by atoms with Gasteiger partial charge in [0.25, 0.3) is 0 Å². The zero-order valence-electron chi connectivity index (χ0n) is 23.2. The summed E-state index contributed by atoms with van der Waals surface area (Å²) in [5, 5.41) is 16.7. The van der Waals surface area contributed by atoms with Crippen LogP contribution in [0.2, 0.25) is 0 Å². The molecule has 0 radical (unpaired) electrons. The Balaban J connectivity index is 0.000000157. The SMILES string of the molecule is NCCCCCC(=O)O.O=C(O)CCCCCN1C(=O)[C@@H]2C3C=CC(C3)[C@@H]2C1=O.O=C1OC(=O)[C@H]2C3C=CC(C3)[C@@H]12. The topological polar surface area (TPSA) is 181 Å². The van der Waals surface area contributed by atoms with Crippen LogP contribution < -0.4 is 5.73 Å². The van der Waals surface area contributed by atoms with Crippen LogP contribution in [0, 0.1) is 47.3 Å². The van der Waals surface area contributed by atoms with Crippen molar-refractivity contribution >= 4 is 35.7 Å². The minimum Gasteiger partial charge on any atom is -0.481 e. The van der Waals surface area contributed by atoms with Gasteiger partial charge in [-0.3, -0.25) is 33.7 Å². The number of fused-ring (bicyclic) bond motifs is 10. The van der Waals surface area contributed by atoms with E-state index in [0.29, 0.717) is 25.9 Å². The molecule has 6 rings (SSSR count). The van der Waals surface area contributed by atoms with Crippen LogP contribution in [-0.2, 0) is 33.5 Å². The molecule has 0 aromatic heterocycles. The van der Waals surface area contributed by atoms with Gasteiger partial charge in [0.15, 0.2) is 0 Å². The number of esters is 2. The average Bonchev–Trinajstić information content (AvgIpc) is 3.77. The Morgan fingerprint density at radius 2 is 1.10 bits per heavy atom. The van der Waals surface area contributed by atoms with Gasteiger partial charge in [-0.1, -0.05) is 37.1 Å². The van der Waals surface area contributed by atoms with E-state index in [1.54, 1.807) is 0 Å². The first-order chi connectivity index (χ1) is 19.6. The van der Waals surface area contributed by atoms with Crippen LogP contribution in [-0.4, -0.2) is 63.9 Å². The lowest BCUT2D eigenvalue weighted by Crippen LogP contribution is -2.33. The average molecular weight is 573 g/mol. The van der Waals surface area contributed by atoms with E-state index < -0.39 is 11.9 Å². The van der Waals surface area contributed by atoms with Crippen LogP contribution in [0.1, 0.15) is 64.2 Å². The molecule has 0 aromatic rings. The Kier molecular flexibility index (Phi) is 10.1. The highest BCUT2D eigenvalue weighted by atomic mass is 16.6. The summed E-state index contributed by atoms with van der Waals surface area (Å²) in [5.41, 5.74) is 5.20. The van der Waals surface area contributed by atoms with E-state index in [2.05, 4.69) is 16.9 Å². The second-order valence-electron chi connectivity index (χ2n) is 11.8. The van der Waals surface area contributed by atoms with E-state index >= 15 is 0 Å². The van der Waals surface area contributed by atoms with Crippen LogP contribution in [0.25, 0.3) is 0 Å². The smallest absolute Gasteiger partial charge is 0.318 e. The third-order valence-electron chi connectivity index (χ3n) is 9.13. The number of rotatable bonds is 11. The lowest BCUT2D eigenvalue weighted by Gasteiger charge is -2.16. The van der Waals surface area contributed by atoms with Gasteiger partial charge in [0.05, 0.1) is 23.7 Å². The quantitative estimate of drug-likeness (QED) is 0.109. The van der Waals surface area contributed by atoms with Crippen LogP contribution in [0.3, 0.4) is 0 Å². The molecule has 2 saturated heterocycles. The summed E-state index contributed by atoms with van der Waals surface area (Å²) < 4.78 is 4.59. The van der Waals surface area contributed by atoms with Crippen LogP contribution in [0.5, 0.6) is 0 Å². The molecule has 6 aliphatic rings. The number of amides is 2. The van der Waals surface area contributed by atoms with Crippen molar-refractivity contribution in [3.8, 4) is 0 Å². The summed E-state index contributed by atoms with van der Waals surface area (Å²) in [6.45, 7) is 1.11. The third-order valence-corrected chi connectivity index (χ3v) is 9.13. The molecule has 8 atom stereocenters. The molecule has 4 N–H and O–H groups in total. The second kappa shape index (κ2) is 13.5. The maximum Gasteiger partial charge on any atom is 0.318 e. The molecule has 2 aliphatic heterocycles. The lowest BCUT2D eigenvalue weighted by atomic mass is 9.85. The molecule has 11 nitrogen and oxygen atoms in total. The predicted molar refractivity (Wildman–Crippen MR) is 145 cm³/mol. The van der Waals surface area contributed by atoms with E-state index in [1.807, 2.05) is 12.2 Å². The van der Waals surface area contributed by atoms with E-state index in [-0.39, 0.29) is 83.9 Å². The summed E-state index contributed by atoms with van der Waals surface area (Å²) in [6.07, 6.45) is 15.3. The first-order valence-corrected chi connectivity index (χ1v) is 14.7. The number of imide groups is 1. The van der Waals surface area contributed by atoms with Crippen molar-refractivity contribution in [1.29, 1.82) is 0 Å². The van der Waals surface area contributed by atoms with Gasteiger partial charge in [-0.25, -0.2) is 0 Å². The van der Waals surface area contributed by atoms with Gasteiger partial charge in [-0.2, -0.15) is 0 Å². The first-order valence-electron chi connectivity index (χ1n) is 14.7. The normalized spacial score (nSPS) is 32.9. The summed E-state index contributed by atoms with van der Waals surface area (Å²) in [4.78, 5) is 68.8. The number of nitrogens with zero attached hydrogens (tertiary/aromatic N) is 1. The Labute approximate surface area is 239 Å². The van der Waals surface area contributed by atoms with Crippen LogP contribution in [0.15, 0.2) is 24.3 Å². The van der Waals surface area contributed by atoms with Crippen molar-refractivity contribution in [2.75, 3.05) is 13.1 Å². The van der Waals surface area contributed by atoms with Crippen molar-refractivity contribution in [1.82, 2.24) is 4.90 Å². The standard InChI is InChI=1S/C15H19NO4.C9H8O3.C6H13NO2/c17-11(18)4-2-1-3-7-16-14(19)12-9-5-6-10(8-9)13(12)15(16)20;10-8-6-4-1-2-5(3-4)7(6)9(11)12-8;7-5-3-1-2-4-6(8)9/h5-6,9-10,12-13H,1-4,7-8H2,(H,17,18);1-2,4-7H,3H2;1-5,7H2,(H,8,9)/t9?,10?,12-,13+;4?,5?,6-,7+;. The van der Waals surface area contributed by atoms with Gasteiger partial charge in [-0.05, 0) is 68.7 Å². The molecular formula is C30H40N2O9. The Bertz CT molecular complexity index is 1060. The largest absolute Gasteiger partial charge is 0.481 e. The number of unbranched alkanes of at least 4 members (excludes halogenated alkanes) is 4. The fraction of sp³-hybridized carbons (Fsp3) is 0.667. The van der Waals surface area contributed by atoms with Gasteiger partial charge in [-0.15, -0.1) is 0 Å². The molecule has 2 saturated carbocycles. The summed E-state index contributed by atoms with van der Waals surface area (Å²) >= 11 is 0. The number of aliphatic carboxylic acids is 2. The summed E-state index contributed by atoms with van der Waals surface area (Å²) in [5.74, 6) is -1.57. The highest BCUT2D eigenvalue weighted by molar-refractivity contribution is 6.06. The van der Waals surface area contributed by atoms with Crippen LogP contribution >= 0.6 is 0 Å². The number of carbonyl (C=O) groups is 6. The molecule has 4 aliphatic carbocycles. The number of likely N-dealkylation sites (tertiary alicyclic amines) is 1. The van der Waals surface area contributed by atoms with Crippen molar-refractivity contribution in [2.24, 2.45) is 53.1 Å². The number of carbonyl (C=O) groups excluding carboxylic acids is 4. The molecule has 4 fully saturated rings. The fourth-order valence-corrected chi connectivity index (χ4v) is 7.20. The van der Waals surface area contributed by atoms with Crippen molar-refractivity contribution in [3.05, 3.63) is 24.3 Å². The molecule has 0 aromatic carbocycles. The maximum atomic E-state index is 12.3. The lowest BCUT2D eigenvalue weighted by molar-refractivity contribution is -0.155. The number of hydrogen-bond donors (Lipinski definition) is 3. The minimum atomic E-state index is -0.796. The number of hydrogen-bond acceptors (Lipinski definition) is 8. The van der Waals surface area contributed by atoms with Crippen molar-refractivity contribution in [2.45, 2.75) is 64.2 Å². The fourth-order valence-electron chi connectivity index (χ4n) is 7.20. The van der Waals surface area contributed by atoms with Gasteiger partial charge in [0, 0.05) is 19.4 Å². The Morgan fingerprint density at radius 3 is 1.51 bits per heavy atom. The number of nitrogens with two attached hydrogens (primary N) is 1. The molecule has 41 heavy (non-hydrogen) atoms. The second-order valence-corrected chi connectivity index (χ2v) is 11.8. The summed E-state index contributed by atoms with van der Waals surface area (Å²) in [7, 11) is 0.